The highest BCUT2D eigenvalue weighted by molar-refractivity contribution is 5.36. The molecule has 1 aromatic carbocycles. The van der Waals surface area contributed by atoms with Crippen molar-refractivity contribution in [3.63, 3.8) is 0 Å². The predicted octanol–water partition coefficient (Wildman–Crippen LogP) is 4.25. The van der Waals surface area contributed by atoms with Crippen LogP contribution in [-0.2, 0) is 19.4 Å². The van der Waals surface area contributed by atoms with Gasteiger partial charge in [0.05, 0.1) is 11.8 Å². The topological polar surface area (TPSA) is 27.1 Å². The maximum absolute atomic E-state index is 12.7. The van der Waals surface area contributed by atoms with Gasteiger partial charge in [0.15, 0.2) is 5.75 Å². The summed E-state index contributed by atoms with van der Waals surface area (Å²) < 4.78 is 81.4. The van der Waals surface area contributed by atoms with Gasteiger partial charge in [-0.15, -0.1) is 0 Å². The molecule has 0 amide bonds. The van der Waals surface area contributed by atoms with Crippen LogP contribution in [-0.4, -0.2) is 9.78 Å². The summed E-state index contributed by atoms with van der Waals surface area (Å²) in [5.41, 5.74) is -2.32. The van der Waals surface area contributed by atoms with E-state index in [0.29, 0.717) is 6.07 Å². The van der Waals surface area contributed by atoms with Gasteiger partial charge in [-0.2, -0.15) is 31.4 Å². The minimum Gasteiger partial charge on any atom is -0.453 e. The van der Waals surface area contributed by atoms with Gasteiger partial charge in [0, 0.05) is 7.05 Å². The number of aryl methyl sites for hydroxylation is 1. The van der Waals surface area contributed by atoms with Crippen LogP contribution in [0.25, 0.3) is 0 Å². The van der Waals surface area contributed by atoms with Gasteiger partial charge in [-0.1, -0.05) is 6.07 Å². The Kier molecular flexibility index (Phi) is 3.60. The number of ether oxygens (including phenoxy) is 1. The Labute approximate surface area is 114 Å². The van der Waals surface area contributed by atoms with Gasteiger partial charge < -0.3 is 4.74 Å². The SMILES string of the molecule is Cn1cc(Oc2cccc(C(F)(F)F)c2)c(C(F)(F)F)n1. The van der Waals surface area contributed by atoms with Crippen LogP contribution in [0.3, 0.4) is 0 Å². The van der Waals surface area contributed by atoms with Crippen LogP contribution in [0.15, 0.2) is 30.5 Å². The van der Waals surface area contributed by atoms with E-state index in [0.717, 1.165) is 29.1 Å². The second kappa shape index (κ2) is 4.97. The van der Waals surface area contributed by atoms with E-state index >= 15 is 0 Å². The monoisotopic (exact) mass is 310 g/mol. The number of aromatic nitrogens is 2. The number of hydrogen-bond acceptors (Lipinski definition) is 2. The van der Waals surface area contributed by atoms with Crippen LogP contribution in [0.1, 0.15) is 11.3 Å². The molecule has 2 aromatic rings. The molecule has 1 heterocycles. The van der Waals surface area contributed by atoms with Crippen LogP contribution >= 0.6 is 0 Å². The van der Waals surface area contributed by atoms with Crippen LogP contribution in [0.2, 0.25) is 0 Å². The quantitative estimate of drug-likeness (QED) is 0.775. The molecule has 0 spiro atoms. The maximum Gasteiger partial charge on any atom is 0.438 e. The van der Waals surface area contributed by atoms with Crippen molar-refractivity contribution in [2.45, 2.75) is 12.4 Å². The van der Waals surface area contributed by atoms with Crippen molar-refractivity contribution in [1.29, 1.82) is 0 Å². The lowest BCUT2D eigenvalue weighted by Crippen LogP contribution is -2.08. The van der Waals surface area contributed by atoms with E-state index in [1.165, 1.54) is 7.05 Å². The van der Waals surface area contributed by atoms with E-state index < -0.39 is 29.4 Å². The highest BCUT2D eigenvalue weighted by atomic mass is 19.4. The number of nitrogens with zero attached hydrogens (tertiary/aromatic N) is 2. The summed E-state index contributed by atoms with van der Waals surface area (Å²) >= 11 is 0. The van der Waals surface area contributed by atoms with Gasteiger partial charge in [-0.25, -0.2) is 0 Å². The Morgan fingerprint density at radius 1 is 1.05 bits per heavy atom. The van der Waals surface area contributed by atoms with E-state index in [4.69, 9.17) is 4.74 Å². The number of benzene rings is 1. The number of halogens is 6. The maximum atomic E-state index is 12.7. The van der Waals surface area contributed by atoms with Crippen molar-refractivity contribution in [1.82, 2.24) is 9.78 Å². The molecule has 0 N–H and O–H groups in total. The first kappa shape index (κ1) is 15.2. The molecular weight excluding hydrogens is 302 g/mol. The average Bonchev–Trinajstić information content (AvgIpc) is 2.69. The molecule has 0 saturated heterocycles. The smallest absolute Gasteiger partial charge is 0.438 e. The Hall–Kier alpha value is -2.19. The van der Waals surface area contributed by atoms with Gasteiger partial charge >= 0.3 is 12.4 Å². The first-order valence-corrected chi connectivity index (χ1v) is 5.53. The molecule has 0 aliphatic rings. The minimum absolute atomic E-state index is 0.358. The lowest BCUT2D eigenvalue weighted by atomic mass is 10.2. The Balaban J connectivity index is 2.35. The summed E-state index contributed by atoms with van der Waals surface area (Å²) in [5, 5.41) is 3.19. The molecule has 0 bridgehead atoms. The van der Waals surface area contributed by atoms with Crippen LogP contribution < -0.4 is 4.74 Å². The fraction of sp³-hybridized carbons (Fsp3) is 0.250. The van der Waals surface area contributed by atoms with Gasteiger partial charge in [0.25, 0.3) is 0 Å². The summed E-state index contributed by atoms with van der Waals surface area (Å²) in [4.78, 5) is 0. The molecular formula is C12H8F6N2O. The highest BCUT2D eigenvalue weighted by Gasteiger charge is 2.38. The molecule has 0 saturated carbocycles. The third-order valence-electron chi connectivity index (χ3n) is 2.45. The van der Waals surface area contributed by atoms with Crippen molar-refractivity contribution >= 4 is 0 Å². The van der Waals surface area contributed by atoms with E-state index in [1.54, 1.807) is 0 Å². The fourth-order valence-corrected chi connectivity index (χ4v) is 1.60. The van der Waals surface area contributed by atoms with Gasteiger partial charge in [-0.05, 0) is 18.2 Å². The molecule has 0 aliphatic heterocycles. The molecule has 1 aromatic heterocycles. The summed E-state index contributed by atoms with van der Waals surface area (Å²) in [7, 11) is 1.24. The second-order valence-corrected chi connectivity index (χ2v) is 4.14. The largest absolute Gasteiger partial charge is 0.453 e. The summed E-state index contributed by atoms with van der Waals surface area (Å²) in [6.07, 6.45) is -8.44. The molecule has 0 radical (unpaired) electrons. The molecule has 9 heteroatoms. The number of hydrogen-bond donors (Lipinski definition) is 0. The van der Waals surface area contributed by atoms with Crippen LogP contribution in [0.4, 0.5) is 26.3 Å². The lowest BCUT2D eigenvalue weighted by molar-refractivity contribution is -0.142. The van der Waals surface area contributed by atoms with Gasteiger partial charge in [-0.3, -0.25) is 4.68 Å². The third kappa shape index (κ3) is 3.47. The van der Waals surface area contributed by atoms with Crippen molar-refractivity contribution in [3.05, 3.63) is 41.7 Å². The zero-order chi connectivity index (χ0) is 15.8. The minimum atomic E-state index is -4.77. The first-order valence-electron chi connectivity index (χ1n) is 5.53. The van der Waals surface area contributed by atoms with E-state index in [9.17, 15) is 26.3 Å². The molecule has 3 nitrogen and oxygen atoms in total. The van der Waals surface area contributed by atoms with Crippen molar-refractivity contribution in [2.75, 3.05) is 0 Å². The van der Waals surface area contributed by atoms with Gasteiger partial charge in [0.1, 0.15) is 5.75 Å². The molecule has 114 valence electrons. The molecule has 0 unspecified atom stereocenters. The Bertz CT molecular complexity index is 644. The van der Waals surface area contributed by atoms with Crippen LogP contribution in [0.5, 0.6) is 11.5 Å². The summed E-state index contributed by atoms with van der Waals surface area (Å²) in [5.74, 6) is -1.02. The average molecular weight is 310 g/mol. The molecule has 0 fully saturated rings. The molecule has 0 aliphatic carbocycles. The molecule has 2 rings (SSSR count). The Morgan fingerprint density at radius 3 is 2.29 bits per heavy atom. The van der Waals surface area contributed by atoms with Crippen molar-refractivity contribution in [3.8, 4) is 11.5 Å². The summed E-state index contributed by atoms with van der Waals surface area (Å²) in [6.45, 7) is 0. The van der Waals surface area contributed by atoms with Crippen molar-refractivity contribution < 1.29 is 31.1 Å². The number of alkyl halides is 6. The normalized spacial score (nSPS) is 12.5. The van der Waals surface area contributed by atoms with Crippen molar-refractivity contribution in [2.24, 2.45) is 7.05 Å². The van der Waals surface area contributed by atoms with E-state index in [-0.39, 0.29) is 5.75 Å². The molecule has 0 atom stereocenters. The van der Waals surface area contributed by atoms with Gasteiger partial charge in [0.2, 0.25) is 5.69 Å². The Morgan fingerprint density at radius 2 is 1.71 bits per heavy atom. The second-order valence-electron chi connectivity index (χ2n) is 4.14. The standard InChI is InChI=1S/C12H8F6N2O/c1-20-6-9(10(19-20)12(16,17)18)21-8-4-2-3-7(5-8)11(13,14)15/h2-6H,1H3. The third-order valence-corrected chi connectivity index (χ3v) is 2.45. The first-order chi connectivity index (χ1) is 9.57. The summed E-state index contributed by atoms with van der Waals surface area (Å²) in [6, 6.07) is 3.58. The number of rotatable bonds is 2. The fourth-order valence-electron chi connectivity index (χ4n) is 1.60. The zero-order valence-electron chi connectivity index (χ0n) is 10.5. The van der Waals surface area contributed by atoms with E-state index in [1.807, 2.05) is 0 Å². The lowest BCUT2D eigenvalue weighted by Gasteiger charge is -2.10. The zero-order valence-corrected chi connectivity index (χ0v) is 10.5. The highest BCUT2D eigenvalue weighted by Crippen LogP contribution is 2.38. The molecule has 21 heavy (non-hydrogen) atoms. The van der Waals surface area contributed by atoms with Crippen LogP contribution in [0, 0.1) is 0 Å². The van der Waals surface area contributed by atoms with E-state index in [2.05, 4.69) is 5.10 Å². The predicted molar refractivity (Wildman–Crippen MR) is 59.7 cm³/mol.